The Morgan fingerprint density at radius 2 is 2.00 bits per heavy atom. The summed E-state index contributed by atoms with van der Waals surface area (Å²) in [5.41, 5.74) is 6.29. The van der Waals surface area contributed by atoms with Gasteiger partial charge in [-0.25, -0.2) is 0 Å². The van der Waals surface area contributed by atoms with Crippen molar-refractivity contribution in [3.8, 4) is 0 Å². The van der Waals surface area contributed by atoms with E-state index in [1.807, 2.05) is 0 Å². The number of likely N-dealkylation sites (N-methyl/N-ethyl adjacent to an activating group) is 1. The first-order chi connectivity index (χ1) is 7.55. The van der Waals surface area contributed by atoms with Gasteiger partial charge in [-0.05, 0) is 39.8 Å². The Labute approximate surface area is 100.0 Å². The number of hydrogen-bond donors (Lipinski definition) is 1. The number of hydrogen-bond acceptors (Lipinski definition) is 3. The SMILES string of the molecule is CN(C)C1CCN(C(C)(CN)CC2CC2)C1. The standard InChI is InChI=1S/C13H27N3/c1-13(10-14,8-11-4-5-11)16-7-6-12(9-16)15(2)3/h11-12H,4-10,14H2,1-3H3. The lowest BCUT2D eigenvalue weighted by Gasteiger charge is -2.38. The van der Waals surface area contributed by atoms with Crippen molar-refractivity contribution >= 4 is 0 Å². The molecule has 2 rings (SSSR count). The summed E-state index contributed by atoms with van der Waals surface area (Å²) in [7, 11) is 4.38. The number of rotatable bonds is 5. The molecule has 0 radical (unpaired) electrons. The summed E-state index contributed by atoms with van der Waals surface area (Å²) in [4.78, 5) is 4.99. The lowest BCUT2D eigenvalue weighted by atomic mass is 9.93. The second-order valence-corrected chi connectivity index (χ2v) is 6.20. The molecule has 0 amide bonds. The van der Waals surface area contributed by atoms with Gasteiger partial charge in [0.2, 0.25) is 0 Å². The van der Waals surface area contributed by atoms with Crippen molar-refractivity contribution in [3.63, 3.8) is 0 Å². The molecule has 0 aromatic rings. The number of nitrogens with two attached hydrogens (primary N) is 1. The van der Waals surface area contributed by atoms with Crippen molar-refractivity contribution in [1.82, 2.24) is 9.80 Å². The molecule has 94 valence electrons. The fraction of sp³-hybridized carbons (Fsp3) is 1.00. The van der Waals surface area contributed by atoms with Gasteiger partial charge in [-0.3, -0.25) is 4.90 Å². The molecular formula is C13H27N3. The summed E-state index contributed by atoms with van der Waals surface area (Å²) >= 11 is 0. The van der Waals surface area contributed by atoms with Crippen LogP contribution in [0.3, 0.4) is 0 Å². The number of likely N-dealkylation sites (tertiary alicyclic amines) is 1. The summed E-state index contributed by atoms with van der Waals surface area (Å²) in [6, 6.07) is 0.727. The Kier molecular flexibility index (Phi) is 3.57. The Morgan fingerprint density at radius 1 is 1.31 bits per heavy atom. The topological polar surface area (TPSA) is 32.5 Å². The van der Waals surface area contributed by atoms with Gasteiger partial charge >= 0.3 is 0 Å². The van der Waals surface area contributed by atoms with Crippen molar-refractivity contribution in [2.75, 3.05) is 33.7 Å². The van der Waals surface area contributed by atoms with E-state index in [4.69, 9.17) is 5.73 Å². The van der Waals surface area contributed by atoms with Crippen LogP contribution in [0.25, 0.3) is 0 Å². The molecule has 3 nitrogen and oxygen atoms in total. The Hall–Kier alpha value is -0.120. The zero-order valence-electron chi connectivity index (χ0n) is 11.1. The number of nitrogens with zero attached hydrogens (tertiary/aromatic N) is 2. The van der Waals surface area contributed by atoms with Crippen LogP contribution in [-0.4, -0.2) is 55.1 Å². The lowest BCUT2D eigenvalue weighted by Crippen LogP contribution is -2.51. The van der Waals surface area contributed by atoms with E-state index in [2.05, 4.69) is 30.8 Å². The molecule has 0 bridgehead atoms. The van der Waals surface area contributed by atoms with E-state index in [-0.39, 0.29) is 5.54 Å². The zero-order valence-corrected chi connectivity index (χ0v) is 11.1. The fourth-order valence-corrected chi connectivity index (χ4v) is 2.94. The first-order valence-electron chi connectivity index (χ1n) is 6.67. The van der Waals surface area contributed by atoms with Gasteiger partial charge in [0.25, 0.3) is 0 Å². The highest BCUT2D eigenvalue weighted by molar-refractivity contribution is 4.97. The van der Waals surface area contributed by atoms with Gasteiger partial charge in [0.1, 0.15) is 0 Å². The molecule has 0 spiro atoms. The van der Waals surface area contributed by atoms with E-state index in [1.165, 1.54) is 38.8 Å². The summed E-state index contributed by atoms with van der Waals surface area (Å²) in [5.74, 6) is 0.965. The third-order valence-electron chi connectivity index (χ3n) is 4.52. The molecule has 2 aliphatic rings. The van der Waals surface area contributed by atoms with E-state index in [0.29, 0.717) is 0 Å². The molecule has 1 saturated carbocycles. The van der Waals surface area contributed by atoms with Gasteiger partial charge in [0.05, 0.1) is 0 Å². The Balaban J connectivity index is 1.93. The minimum Gasteiger partial charge on any atom is -0.329 e. The average molecular weight is 225 g/mol. The average Bonchev–Trinajstić information content (AvgIpc) is 2.90. The summed E-state index contributed by atoms with van der Waals surface area (Å²) in [5, 5.41) is 0. The first-order valence-corrected chi connectivity index (χ1v) is 6.67. The molecule has 2 atom stereocenters. The maximum Gasteiger partial charge on any atom is 0.0306 e. The zero-order chi connectivity index (χ0) is 11.8. The molecule has 2 fully saturated rings. The van der Waals surface area contributed by atoms with Crippen LogP contribution in [0, 0.1) is 5.92 Å². The molecule has 1 aliphatic heterocycles. The van der Waals surface area contributed by atoms with Crippen molar-refractivity contribution in [2.45, 2.75) is 44.2 Å². The van der Waals surface area contributed by atoms with E-state index in [1.54, 1.807) is 0 Å². The molecule has 2 unspecified atom stereocenters. The Morgan fingerprint density at radius 3 is 2.44 bits per heavy atom. The summed E-state index contributed by atoms with van der Waals surface area (Å²) < 4.78 is 0. The predicted molar refractivity (Wildman–Crippen MR) is 68.5 cm³/mol. The van der Waals surface area contributed by atoms with Gasteiger partial charge in [0.15, 0.2) is 0 Å². The summed E-state index contributed by atoms with van der Waals surface area (Å²) in [6.07, 6.45) is 5.47. The molecule has 1 saturated heterocycles. The van der Waals surface area contributed by atoms with Crippen LogP contribution < -0.4 is 5.73 Å². The minimum atomic E-state index is 0.256. The molecule has 0 aromatic carbocycles. The van der Waals surface area contributed by atoms with Gasteiger partial charge in [-0.2, -0.15) is 0 Å². The van der Waals surface area contributed by atoms with Crippen LogP contribution in [0.4, 0.5) is 0 Å². The maximum absolute atomic E-state index is 6.03. The van der Waals surface area contributed by atoms with E-state index in [0.717, 1.165) is 18.5 Å². The maximum atomic E-state index is 6.03. The lowest BCUT2D eigenvalue weighted by molar-refractivity contribution is 0.116. The smallest absolute Gasteiger partial charge is 0.0306 e. The monoisotopic (exact) mass is 225 g/mol. The molecule has 1 aliphatic carbocycles. The quantitative estimate of drug-likeness (QED) is 0.761. The van der Waals surface area contributed by atoms with Crippen LogP contribution in [0.2, 0.25) is 0 Å². The van der Waals surface area contributed by atoms with Crippen LogP contribution in [-0.2, 0) is 0 Å². The second-order valence-electron chi connectivity index (χ2n) is 6.20. The molecule has 16 heavy (non-hydrogen) atoms. The van der Waals surface area contributed by atoms with Gasteiger partial charge in [-0.1, -0.05) is 12.8 Å². The fourth-order valence-electron chi connectivity index (χ4n) is 2.94. The Bertz CT molecular complexity index is 237. The van der Waals surface area contributed by atoms with Crippen LogP contribution in [0.1, 0.15) is 32.6 Å². The minimum absolute atomic E-state index is 0.256. The van der Waals surface area contributed by atoms with Crippen LogP contribution in [0.5, 0.6) is 0 Å². The highest BCUT2D eigenvalue weighted by Crippen LogP contribution is 2.39. The molecule has 2 N–H and O–H groups in total. The van der Waals surface area contributed by atoms with Crippen molar-refractivity contribution in [3.05, 3.63) is 0 Å². The summed E-state index contributed by atoms with van der Waals surface area (Å²) in [6.45, 7) is 5.60. The van der Waals surface area contributed by atoms with Gasteiger partial charge in [-0.15, -0.1) is 0 Å². The highest BCUT2D eigenvalue weighted by atomic mass is 15.3. The van der Waals surface area contributed by atoms with Crippen molar-refractivity contribution in [1.29, 1.82) is 0 Å². The van der Waals surface area contributed by atoms with E-state index < -0.39 is 0 Å². The van der Waals surface area contributed by atoms with Crippen molar-refractivity contribution in [2.24, 2.45) is 11.7 Å². The predicted octanol–water partition coefficient (Wildman–Crippen LogP) is 1.14. The molecule has 1 heterocycles. The van der Waals surface area contributed by atoms with E-state index >= 15 is 0 Å². The van der Waals surface area contributed by atoms with Crippen molar-refractivity contribution < 1.29 is 0 Å². The third-order valence-corrected chi connectivity index (χ3v) is 4.52. The third kappa shape index (κ3) is 2.58. The van der Waals surface area contributed by atoms with Gasteiger partial charge in [0, 0.05) is 31.2 Å². The normalized spacial score (nSPS) is 30.9. The van der Waals surface area contributed by atoms with Gasteiger partial charge < -0.3 is 10.6 Å². The molecule has 0 aromatic heterocycles. The first kappa shape index (κ1) is 12.3. The van der Waals surface area contributed by atoms with Crippen LogP contribution in [0.15, 0.2) is 0 Å². The molecular weight excluding hydrogens is 198 g/mol. The second kappa shape index (κ2) is 4.63. The molecule has 3 heteroatoms. The highest BCUT2D eigenvalue weighted by Gasteiger charge is 2.40. The van der Waals surface area contributed by atoms with E-state index in [9.17, 15) is 0 Å². The van der Waals surface area contributed by atoms with Crippen LogP contribution >= 0.6 is 0 Å². The largest absolute Gasteiger partial charge is 0.329 e.